The lowest BCUT2D eigenvalue weighted by Gasteiger charge is -2.35. The van der Waals surface area contributed by atoms with Gasteiger partial charge < -0.3 is 4.90 Å². The Balaban J connectivity index is 1.39. The number of piperidine rings is 1. The van der Waals surface area contributed by atoms with E-state index in [1.807, 2.05) is 6.20 Å². The van der Waals surface area contributed by atoms with Crippen molar-refractivity contribution in [1.82, 2.24) is 24.8 Å². The highest BCUT2D eigenvalue weighted by molar-refractivity contribution is 5.41. The van der Waals surface area contributed by atoms with Crippen molar-refractivity contribution >= 4 is 11.9 Å². The van der Waals surface area contributed by atoms with Crippen LogP contribution in [-0.2, 0) is 0 Å². The molecule has 1 saturated carbocycles. The number of aromatic nitrogens is 4. The highest BCUT2D eigenvalue weighted by atomic mass is 15.2. The smallest absolute Gasteiger partial charge is 0.229 e. The number of hydrogen-bond donors (Lipinski definition) is 1. The van der Waals surface area contributed by atoms with Gasteiger partial charge >= 0.3 is 0 Å². The number of rotatable bonds is 5. The van der Waals surface area contributed by atoms with E-state index in [-0.39, 0.29) is 0 Å². The summed E-state index contributed by atoms with van der Waals surface area (Å²) in [5.74, 6) is 2.51. The van der Waals surface area contributed by atoms with E-state index >= 15 is 0 Å². The maximum absolute atomic E-state index is 4.74. The van der Waals surface area contributed by atoms with Crippen molar-refractivity contribution < 1.29 is 0 Å². The van der Waals surface area contributed by atoms with Gasteiger partial charge in [0, 0.05) is 37.6 Å². The van der Waals surface area contributed by atoms with Crippen molar-refractivity contribution in [3.63, 3.8) is 0 Å². The normalized spacial score (nSPS) is 22.2. The molecule has 1 atom stereocenters. The number of hydrogen-bond acceptors (Lipinski definition) is 6. The summed E-state index contributed by atoms with van der Waals surface area (Å²) in [5, 5.41) is 3.10. The lowest BCUT2D eigenvalue weighted by Crippen LogP contribution is -2.38. The Morgan fingerprint density at radius 2 is 1.73 bits per heavy atom. The van der Waals surface area contributed by atoms with E-state index in [0.717, 1.165) is 18.2 Å². The van der Waals surface area contributed by atoms with Crippen LogP contribution >= 0.6 is 0 Å². The Bertz CT molecular complexity index is 686. The summed E-state index contributed by atoms with van der Waals surface area (Å²) >= 11 is 0. The zero-order valence-corrected chi connectivity index (χ0v) is 15.3. The van der Waals surface area contributed by atoms with Crippen LogP contribution in [0.5, 0.6) is 0 Å². The van der Waals surface area contributed by atoms with Crippen LogP contribution in [0.2, 0.25) is 0 Å². The van der Waals surface area contributed by atoms with E-state index < -0.39 is 0 Å². The van der Waals surface area contributed by atoms with Gasteiger partial charge in [-0.3, -0.25) is 5.32 Å². The van der Waals surface area contributed by atoms with Crippen LogP contribution in [0, 0.1) is 5.92 Å². The molecule has 138 valence electrons. The summed E-state index contributed by atoms with van der Waals surface area (Å²) < 4.78 is 0. The molecule has 1 aliphatic carbocycles. The van der Waals surface area contributed by atoms with Crippen LogP contribution in [0.4, 0.5) is 11.9 Å². The lowest BCUT2D eigenvalue weighted by atomic mass is 9.87. The van der Waals surface area contributed by atoms with Gasteiger partial charge in [-0.05, 0) is 50.3 Å². The zero-order chi connectivity index (χ0) is 17.6. The van der Waals surface area contributed by atoms with Crippen LogP contribution in [0.25, 0.3) is 0 Å². The first-order chi connectivity index (χ1) is 12.9. The zero-order valence-electron chi connectivity index (χ0n) is 15.3. The second-order valence-electron chi connectivity index (χ2n) is 7.61. The molecule has 1 N–H and O–H groups in total. The first-order valence-electron chi connectivity index (χ1n) is 9.96. The van der Waals surface area contributed by atoms with Crippen molar-refractivity contribution in [2.45, 2.75) is 50.9 Å². The first kappa shape index (κ1) is 17.3. The van der Waals surface area contributed by atoms with Crippen molar-refractivity contribution in [2.24, 2.45) is 5.92 Å². The topological polar surface area (TPSA) is 66.8 Å². The molecule has 0 bridgehead atoms. The van der Waals surface area contributed by atoms with Gasteiger partial charge in [0.1, 0.15) is 0 Å². The minimum atomic E-state index is 0.493. The van der Waals surface area contributed by atoms with E-state index in [9.17, 15) is 0 Å². The monoisotopic (exact) mass is 352 g/mol. The molecule has 0 radical (unpaired) electrons. The number of nitrogens with zero attached hydrogens (tertiary/aromatic N) is 5. The van der Waals surface area contributed by atoms with E-state index in [4.69, 9.17) is 4.98 Å². The predicted octanol–water partition coefficient (Wildman–Crippen LogP) is 3.77. The molecule has 1 aliphatic heterocycles. The van der Waals surface area contributed by atoms with E-state index in [1.54, 1.807) is 18.5 Å². The molecule has 4 rings (SSSR count). The summed E-state index contributed by atoms with van der Waals surface area (Å²) in [6.07, 6.45) is 14.8. The van der Waals surface area contributed by atoms with Crippen molar-refractivity contribution in [1.29, 1.82) is 0 Å². The maximum Gasteiger partial charge on any atom is 0.229 e. The van der Waals surface area contributed by atoms with Crippen molar-refractivity contribution in [2.75, 3.05) is 25.0 Å². The Kier molecular flexibility index (Phi) is 5.69. The molecule has 0 aromatic carbocycles. The van der Waals surface area contributed by atoms with Crippen LogP contribution in [0.3, 0.4) is 0 Å². The van der Waals surface area contributed by atoms with Gasteiger partial charge in [-0.2, -0.15) is 0 Å². The summed E-state index contributed by atoms with van der Waals surface area (Å²) in [6.45, 7) is 3.63. The van der Waals surface area contributed by atoms with Gasteiger partial charge in [-0.1, -0.05) is 19.3 Å². The van der Waals surface area contributed by atoms with Gasteiger partial charge in [-0.25, -0.2) is 19.9 Å². The van der Waals surface area contributed by atoms with Gasteiger partial charge in [0.05, 0.1) is 5.69 Å². The van der Waals surface area contributed by atoms with Crippen molar-refractivity contribution in [3.8, 4) is 0 Å². The van der Waals surface area contributed by atoms with E-state index in [0.29, 0.717) is 17.8 Å². The second-order valence-corrected chi connectivity index (χ2v) is 7.61. The quantitative estimate of drug-likeness (QED) is 0.883. The Hall–Kier alpha value is -2.08. The highest BCUT2D eigenvalue weighted by Gasteiger charge is 2.25. The molecule has 2 fully saturated rings. The average molecular weight is 352 g/mol. The van der Waals surface area contributed by atoms with Crippen LogP contribution in [0.1, 0.15) is 56.6 Å². The fourth-order valence-electron chi connectivity index (χ4n) is 4.32. The standard InChI is InChI=1S/C20H28N6/c1-2-6-16(7-3-1)14-26-13-4-8-17(15-26)18-9-12-23-20(24-18)25-19-21-10-5-11-22-19/h5,9-12,16-17H,1-4,6-8,13-15H2,(H,21,22,23,24,25)/t17-/m0/s1. The molecule has 2 aromatic rings. The molecule has 2 aromatic heterocycles. The Morgan fingerprint density at radius 3 is 2.58 bits per heavy atom. The summed E-state index contributed by atoms with van der Waals surface area (Å²) in [4.78, 5) is 20.1. The second kappa shape index (κ2) is 8.54. The molecule has 2 aliphatic rings. The van der Waals surface area contributed by atoms with E-state index in [2.05, 4.69) is 31.2 Å². The molecule has 6 heteroatoms. The summed E-state index contributed by atoms with van der Waals surface area (Å²) in [5.41, 5.74) is 1.13. The summed E-state index contributed by atoms with van der Waals surface area (Å²) in [7, 11) is 0. The minimum Gasteiger partial charge on any atom is -0.302 e. The van der Waals surface area contributed by atoms with Crippen molar-refractivity contribution in [3.05, 3.63) is 36.4 Å². The van der Waals surface area contributed by atoms with Gasteiger partial charge in [0.25, 0.3) is 0 Å². The molecule has 3 heterocycles. The molecular formula is C20H28N6. The molecule has 0 unspecified atom stereocenters. The van der Waals surface area contributed by atoms with Gasteiger partial charge in [-0.15, -0.1) is 0 Å². The van der Waals surface area contributed by atoms with Crippen LogP contribution in [-0.4, -0.2) is 44.5 Å². The number of nitrogens with one attached hydrogen (secondary N) is 1. The van der Waals surface area contributed by atoms with Crippen LogP contribution < -0.4 is 5.32 Å². The minimum absolute atomic E-state index is 0.493. The predicted molar refractivity (Wildman–Crippen MR) is 102 cm³/mol. The molecule has 0 spiro atoms. The number of likely N-dealkylation sites (tertiary alicyclic amines) is 1. The molecule has 0 amide bonds. The molecular weight excluding hydrogens is 324 g/mol. The van der Waals surface area contributed by atoms with Gasteiger partial charge in [0.15, 0.2) is 0 Å². The van der Waals surface area contributed by atoms with Crippen LogP contribution in [0.15, 0.2) is 30.7 Å². The largest absolute Gasteiger partial charge is 0.302 e. The third-order valence-corrected chi connectivity index (χ3v) is 5.63. The average Bonchev–Trinajstić information content (AvgIpc) is 2.70. The number of anilines is 2. The molecule has 26 heavy (non-hydrogen) atoms. The van der Waals surface area contributed by atoms with E-state index in [1.165, 1.54) is 58.0 Å². The first-order valence-corrected chi connectivity index (χ1v) is 9.96. The SMILES string of the molecule is c1cnc(Nc2nccc([C@H]3CCCN(CC4CCCCC4)C3)n2)nc1. The third kappa shape index (κ3) is 4.55. The Morgan fingerprint density at radius 1 is 0.923 bits per heavy atom. The van der Waals surface area contributed by atoms with Gasteiger partial charge in [0.2, 0.25) is 11.9 Å². The maximum atomic E-state index is 4.74. The fourth-order valence-corrected chi connectivity index (χ4v) is 4.32. The summed E-state index contributed by atoms with van der Waals surface area (Å²) in [6, 6.07) is 3.86. The molecule has 1 saturated heterocycles. The highest BCUT2D eigenvalue weighted by Crippen LogP contribution is 2.29. The lowest BCUT2D eigenvalue weighted by molar-refractivity contribution is 0.159. The molecule has 6 nitrogen and oxygen atoms in total. The Labute approximate surface area is 155 Å². The fraction of sp³-hybridized carbons (Fsp3) is 0.600. The third-order valence-electron chi connectivity index (χ3n) is 5.63.